The summed E-state index contributed by atoms with van der Waals surface area (Å²) in [5.41, 5.74) is 2.47. The molecule has 0 aromatic rings. The molecule has 0 fully saturated rings. The maximum Gasteiger partial charge on any atom is -0.0279 e. The molecule has 0 heteroatoms. The van der Waals surface area contributed by atoms with E-state index >= 15 is 0 Å². The van der Waals surface area contributed by atoms with Crippen molar-refractivity contribution in [3.05, 3.63) is 49.6 Å². The van der Waals surface area contributed by atoms with Gasteiger partial charge in [0.1, 0.15) is 0 Å². The molecule has 0 bridgehead atoms. The van der Waals surface area contributed by atoms with E-state index in [0.29, 0.717) is 0 Å². The number of allylic oxidation sites excluding steroid dienone is 4. The molecule has 0 heterocycles. The Hall–Kier alpha value is -1.04. The average Bonchev–Trinajstić information content (AvgIpc) is 2.08. The van der Waals surface area contributed by atoms with Crippen LogP contribution in [0.15, 0.2) is 49.6 Å². The lowest BCUT2D eigenvalue weighted by molar-refractivity contribution is 0.913. The molecule has 0 saturated heterocycles. The summed E-state index contributed by atoms with van der Waals surface area (Å²) in [5, 5.41) is 0. The lowest BCUT2D eigenvalue weighted by Crippen LogP contribution is -1.82. The topological polar surface area (TPSA) is 0 Å². The van der Waals surface area contributed by atoms with E-state index in [4.69, 9.17) is 0 Å². The molecule has 12 heavy (non-hydrogen) atoms. The highest BCUT2D eigenvalue weighted by Gasteiger charge is 1.93. The molecule has 0 amide bonds. The van der Waals surface area contributed by atoms with E-state index in [2.05, 4.69) is 33.2 Å². The van der Waals surface area contributed by atoms with Crippen LogP contribution >= 0.6 is 0 Å². The lowest BCUT2D eigenvalue weighted by atomic mass is 10.0. The molecule has 0 aliphatic heterocycles. The van der Waals surface area contributed by atoms with Gasteiger partial charge < -0.3 is 0 Å². The third-order valence-corrected chi connectivity index (χ3v) is 1.39. The van der Waals surface area contributed by atoms with Crippen molar-refractivity contribution in [2.75, 3.05) is 0 Å². The van der Waals surface area contributed by atoms with Gasteiger partial charge in [-0.05, 0) is 18.9 Å². The van der Waals surface area contributed by atoms with Crippen molar-refractivity contribution in [2.24, 2.45) is 0 Å². The van der Waals surface area contributed by atoms with Gasteiger partial charge in [-0.25, -0.2) is 0 Å². The zero-order valence-corrected chi connectivity index (χ0v) is 8.40. The van der Waals surface area contributed by atoms with Crippen LogP contribution in [0.3, 0.4) is 0 Å². The summed E-state index contributed by atoms with van der Waals surface area (Å²) < 4.78 is 0. The summed E-state index contributed by atoms with van der Waals surface area (Å²) in [6.45, 7) is 17.7. The molecule has 0 N–H and O–H groups in total. The Morgan fingerprint density at radius 1 is 1.33 bits per heavy atom. The molecule has 0 aliphatic rings. The van der Waals surface area contributed by atoms with Crippen LogP contribution in [0, 0.1) is 0 Å². The van der Waals surface area contributed by atoms with Crippen molar-refractivity contribution in [3.8, 4) is 0 Å². The largest absolute Gasteiger partial charge is 0.106 e. The highest BCUT2D eigenvalue weighted by Crippen LogP contribution is 2.12. The quantitative estimate of drug-likeness (QED) is 0.430. The SMILES string of the molecule is C=C.C=C/C=C(/CCC)C(=C)C. The smallest absolute Gasteiger partial charge is 0.0279 e. The Kier molecular flexibility index (Phi) is 11.2. The number of rotatable bonds is 4. The van der Waals surface area contributed by atoms with Crippen molar-refractivity contribution < 1.29 is 0 Å². The summed E-state index contributed by atoms with van der Waals surface area (Å²) in [4.78, 5) is 0. The fourth-order valence-corrected chi connectivity index (χ4v) is 0.851. The molecule has 0 rings (SSSR count). The van der Waals surface area contributed by atoms with Gasteiger partial charge in [0.05, 0.1) is 0 Å². The minimum atomic E-state index is 1.11. The van der Waals surface area contributed by atoms with Gasteiger partial charge in [-0.3, -0.25) is 0 Å². The maximum absolute atomic E-state index is 3.88. The van der Waals surface area contributed by atoms with Crippen molar-refractivity contribution in [1.82, 2.24) is 0 Å². The molecule has 0 spiro atoms. The second-order valence-corrected chi connectivity index (χ2v) is 2.46. The van der Waals surface area contributed by atoms with Gasteiger partial charge in [0.15, 0.2) is 0 Å². The van der Waals surface area contributed by atoms with Gasteiger partial charge in [0.2, 0.25) is 0 Å². The number of hydrogen-bond acceptors (Lipinski definition) is 0. The second kappa shape index (κ2) is 9.96. The van der Waals surface area contributed by atoms with Crippen molar-refractivity contribution in [3.63, 3.8) is 0 Å². The Balaban J connectivity index is 0. The third kappa shape index (κ3) is 7.07. The highest BCUT2D eigenvalue weighted by atomic mass is 14.0. The minimum Gasteiger partial charge on any atom is -0.106 e. The van der Waals surface area contributed by atoms with Crippen LogP contribution in [0.2, 0.25) is 0 Å². The monoisotopic (exact) mass is 164 g/mol. The molecule has 0 radical (unpaired) electrons. The van der Waals surface area contributed by atoms with E-state index < -0.39 is 0 Å². The lowest BCUT2D eigenvalue weighted by Gasteiger charge is -2.02. The van der Waals surface area contributed by atoms with Crippen molar-refractivity contribution in [2.45, 2.75) is 26.7 Å². The third-order valence-electron chi connectivity index (χ3n) is 1.39. The molecule has 0 nitrogen and oxygen atoms in total. The van der Waals surface area contributed by atoms with E-state index in [1.54, 1.807) is 0 Å². The number of hydrogen-bond donors (Lipinski definition) is 0. The first-order chi connectivity index (χ1) is 5.72. The summed E-state index contributed by atoms with van der Waals surface area (Å²) in [5.74, 6) is 0. The first-order valence-electron chi connectivity index (χ1n) is 4.19. The van der Waals surface area contributed by atoms with E-state index in [1.807, 2.05) is 19.1 Å². The van der Waals surface area contributed by atoms with Crippen molar-refractivity contribution in [1.29, 1.82) is 0 Å². The van der Waals surface area contributed by atoms with Gasteiger partial charge >= 0.3 is 0 Å². The molecular formula is C12H20. The van der Waals surface area contributed by atoms with Crippen LogP contribution in [0.4, 0.5) is 0 Å². The summed E-state index contributed by atoms with van der Waals surface area (Å²) in [6, 6.07) is 0. The first kappa shape index (κ1) is 13.5. The van der Waals surface area contributed by atoms with Gasteiger partial charge in [-0.15, -0.1) is 13.2 Å². The molecule has 0 saturated carbocycles. The molecule has 0 aromatic carbocycles. The molecule has 0 aliphatic carbocycles. The van der Waals surface area contributed by atoms with Crippen LogP contribution < -0.4 is 0 Å². The van der Waals surface area contributed by atoms with E-state index in [-0.39, 0.29) is 0 Å². The van der Waals surface area contributed by atoms with E-state index in [0.717, 1.165) is 12.0 Å². The fourth-order valence-electron chi connectivity index (χ4n) is 0.851. The first-order valence-corrected chi connectivity index (χ1v) is 4.19. The Morgan fingerprint density at radius 3 is 2.08 bits per heavy atom. The molecule has 0 atom stereocenters. The van der Waals surface area contributed by atoms with Crippen LogP contribution in [-0.2, 0) is 0 Å². The predicted octanol–water partition coefficient (Wildman–Crippen LogP) is 4.28. The van der Waals surface area contributed by atoms with Crippen LogP contribution in [-0.4, -0.2) is 0 Å². The summed E-state index contributed by atoms with van der Waals surface area (Å²) in [6.07, 6.45) is 6.14. The minimum absolute atomic E-state index is 1.11. The summed E-state index contributed by atoms with van der Waals surface area (Å²) in [7, 11) is 0. The molecule has 0 aromatic heterocycles. The Bertz CT molecular complexity index is 161. The van der Waals surface area contributed by atoms with Gasteiger partial charge in [-0.2, -0.15) is 0 Å². The van der Waals surface area contributed by atoms with Crippen LogP contribution in [0.25, 0.3) is 0 Å². The zero-order chi connectivity index (χ0) is 9.98. The summed E-state index contributed by atoms with van der Waals surface area (Å²) >= 11 is 0. The van der Waals surface area contributed by atoms with E-state index in [9.17, 15) is 0 Å². The fraction of sp³-hybridized carbons (Fsp3) is 0.333. The van der Waals surface area contributed by atoms with Gasteiger partial charge in [-0.1, -0.05) is 44.2 Å². The normalized spacial score (nSPS) is 9.67. The van der Waals surface area contributed by atoms with Crippen molar-refractivity contribution >= 4 is 0 Å². The molecular weight excluding hydrogens is 144 g/mol. The van der Waals surface area contributed by atoms with Crippen LogP contribution in [0.1, 0.15) is 26.7 Å². The van der Waals surface area contributed by atoms with E-state index in [1.165, 1.54) is 12.0 Å². The van der Waals surface area contributed by atoms with Gasteiger partial charge in [0.25, 0.3) is 0 Å². The standard InChI is InChI=1S/C10H16.C2H4/c1-5-7-10(8-6-2)9(3)4;1-2/h5,7H,1,3,6,8H2,2,4H3;1-2H2/b10-7-;. The Morgan fingerprint density at radius 2 is 1.83 bits per heavy atom. The van der Waals surface area contributed by atoms with Gasteiger partial charge in [0, 0.05) is 0 Å². The highest BCUT2D eigenvalue weighted by molar-refractivity contribution is 5.29. The molecule has 0 unspecified atom stereocenters. The second-order valence-electron chi connectivity index (χ2n) is 2.46. The Labute approximate surface area is 77.0 Å². The maximum atomic E-state index is 3.88. The zero-order valence-electron chi connectivity index (χ0n) is 8.40. The van der Waals surface area contributed by atoms with Crippen LogP contribution in [0.5, 0.6) is 0 Å². The predicted molar refractivity (Wildman–Crippen MR) is 59.3 cm³/mol. The average molecular weight is 164 g/mol. The molecule has 68 valence electrons.